The number of fused-ring (bicyclic) bond motifs is 1. The Balaban J connectivity index is 1.88. The van der Waals surface area contributed by atoms with Crippen LogP contribution in [0.4, 0.5) is 0 Å². The Kier molecular flexibility index (Phi) is 4.26. The fraction of sp³-hybridized carbons (Fsp3) is 0.154. The van der Waals surface area contributed by atoms with Crippen LogP contribution >= 0.6 is 46.6 Å². The Bertz CT molecular complexity index is 819. The number of halogens is 3. The van der Waals surface area contributed by atoms with Crippen molar-refractivity contribution >= 4 is 57.6 Å². The smallest absolute Gasteiger partial charge is 0.162 e. The first-order valence-electron chi connectivity index (χ1n) is 5.96. The normalized spacial score (nSPS) is 11.2. The summed E-state index contributed by atoms with van der Waals surface area (Å²) in [6.07, 6.45) is 1.66. The van der Waals surface area contributed by atoms with Gasteiger partial charge in [-0.05, 0) is 18.2 Å². The lowest BCUT2D eigenvalue weighted by molar-refractivity contribution is 0.782. The number of benzene rings is 1. The van der Waals surface area contributed by atoms with E-state index in [2.05, 4.69) is 15.1 Å². The van der Waals surface area contributed by atoms with Gasteiger partial charge in [-0.3, -0.25) is 4.68 Å². The van der Waals surface area contributed by atoms with E-state index in [1.54, 1.807) is 23.0 Å². The van der Waals surface area contributed by atoms with E-state index < -0.39 is 0 Å². The second kappa shape index (κ2) is 6.01. The van der Waals surface area contributed by atoms with Gasteiger partial charge in [-0.15, -0.1) is 11.8 Å². The highest BCUT2D eigenvalue weighted by molar-refractivity contribution is 7.98. The highest BCUT2D eigenvalue weighted by Crippen LogP contribution is 2.32. The summed E-state index contributed by atoms with van der Waals surface area (Å²) in [4.78, 5) is 9.64. The van der Waals surface area contributed by atoms with Gasteiger partial charge in [-0.2, -0.15) is 5.10 Å². The van der Waals surface area contributed by atoms with E-state index in [0.717, 1.165) is 10.3 Å². The van der Waals surface area contributed by atoms with E-state index in [0.29, 0.717) is 32.4 Å². The number of hydrogen-bond donors (Lipinski definition) is 0. The number of hydrogen-bond acceptors (Lipinski definition) is 4. The minimum atomic E-state index is 0.404. The molecule has 0 amide bonds. The van der Waals surface area contributed by atoms with Gasteiger partial charge in [0.15, 0.2) is 5.65 Å². The minimum Gasteiger partial charge on any atom is -0.250 e. The molecule has 0 fully saturated rings. The highest BCUT2D eigenvalue weighted by atomic mass is 35.5. The van der Waals surface area contributed by atoms with Crippen molar-refractivity contribution in [2.75, 3.05) is 0 Å². The summed E-state index contributed by atoms with van der Waals surface area (Å²) in [5.74, 6) is 1.16. The predicted octanol–water partition coefficient (Wildman–Crippen LogP) is 4.62. The van der Waals surface area contributed by atoms with Gasteiger partial charge in [0.2, 0.25) is 0 Å². The average Bonchev–Trinajstić information content (AvgIpc) is 2.82. The van der Waals surface area contributed by atoms with Crippen LogP contribution in [0, 0.1) is 0 Å². The van der Waals surface area contributed by atoms with Gasteiger partial charge in [-0.1, -0.05) is 34.8 Å². The molecule has 0 radical (unpaired) electrons. The molecule has 8 heteroatoms. The van der Waals surface area contributed by atoms with Crippen LogP contribution in [0.15, 0.2) is 29.3 Å². The molecular formula is C13H9Cl3N4S. The third kappa shape index (κ3) is 3.11. The first-order chi connectivity index (χ1) is 10.0. The molecule has 0 saturated heterocycles. The lowest BCUT2D eigenvalue weighted by Crippen LogP contribution is -1.98. The standard InChI is InChI=1S/C13H9Cl3N4S/c1-20-13-8(5-17-20)12(16)18-11(19-13)6-21-10-4-7(14)2-3-9(10)15/h2-5H,6H2,1H3. The van der Waals surface area contributed by atoms with Crippen LogP contribution < -0.4 is 0 Å². The highest BCUT2D eigenvalue weighted by Gasteiger charge is 2.11. The second-order valence-electron chi connectivity index (χ2n) is 4.30. The predicted molar refractivity (Wildman–Crippen MR) is 87.3 cm³/mol. The van der Waals surface area contributed by atoms with Crippen molar-refractivity contribution in [3.8, 4) is 0 Å². The summed E-state index contributed by atoms with van der Waals surface area (Å²) in [6.45, 7) is 0. The maximum absolute atomic E-state index is 6.15. The van der Waals surface area contributed by atoms with Crippen molar-refractivity contribution in [2.45, 2.75) is 10.6 Å². The molecule has 1 aromatic carbocycles. The van der Waals surface area contributed by atoms with Crippen molar-refractivity contribution in [1.29, 1.82) is 0 Å². The molecule has 2 aromatic heterocycles. The molecule has 3 rings (SSSR count). The maximum Gasteiger partial charge on any atom is 0.162 e. The summed E-state index contributed by atoms with van der Waals surface area (Å²) in [5.41, 5.74) is 0.711. The molecule has 0 aliphatic rings. The van der Waals surface area contributed by atoms with Crippen LogP contribution in [-0.4, -0.2) is 19.7 Å². The molecule has 0 saturated carbocycles. The van der Waals surface area contributed by atoms with E-state index in [-0.39, 0.29) is 0 Å². The summed E-state index contributed by atoms with van der Waals surface area (Å²) >= 11 is 19.8. The van der Waals surface area contributed by atoms with Crippen LogP contribution in [0.25, 0.3) is 11.0 Å². The summed E-state index contributed by atoms with van der Waals surface area (Å²) in [7, 11) is 1.82. The summed E-state index contributed by atoms with van der Waals surface area (Å²) < 4.78 is 1.67. The number of thioether (sulfide) groups is 1. The molecule has 0 N–H and O–H groups in total. The molecular weight excluding hydrogens is 351 g/mol. The number of nitrogens with zero attached hydrogens (tertiary/aromatic N) is 4. The largest absolute Gasteiger partial charge is 0.250 e. The molecule has 0 unspecified atom stereocenters. The average molecular weight is 360 g/mol. The van der Waals surface area contributed by atoms with Crippen LogP contribution in [0.2, 0.25) is 15.2 Å². The monoisotopic (exact) mass is 358 g/mol. The lowest BCUT2D eigenvalue weighted by atomic mass is 10.4. The van der Waals surface area contributed by atoms with Gasteiger partial charge in [0, 0.05) is 17.0 Å². The molecule has 108 valence electrons. The Morgan fingerprint density at radius 3 is 2.81 bits per heavy atom. The van der Waals surface area contributed by atoms with Crippen LogP contribution in [-0.2, 0) is 12.8 Å². The van der Waals surface area contributed by atoms with Crippen molar-refractivity contribution in [1.82, 2.24) is 19.7 Å². The molecule has 2 heterocycles. The molecule has 0 atom stereocenters. The Morgan fingerprint density at radius 1 is 1.19 bits per heavy atom. The first-order valence-corrected chi connectivity index (χ1v) is 8.08. The van der Waals surface area contributed by atoms with E-state index in [9.17, 15) is 0 Å². The number of rotatable bonds is 3. The van der Waals surface area contributed by atoms with Crippen LogP contribution in [0.3, 0.4) is 0 Å². The minimum absolute atomic E-state index is 0.404. The van der Waals surface area contributed by atoms with E-state index >= 15 is 0 Å². The molecule has 4 nitrogen and oxygen atoms in total. The quantitative estimate of drug-likeness (QED) is 0.506. The molecule has 0 aliphatic carbocycles. The van der Waals surface area contributed by atoms with E-state index in [1.807, 2.05) is 13.1 Å². The van der Waals surface area contributed by atoms with Crippen molar-refractivity contribution < 1.29 is 0 Å². The maximum atomic E-state index is 6.15. The van der Waals surface area contributed by atoms with Crippen molar-refractivity contribution in [3.63, 3.8) is 0 Å². The Labute approximate surface area is 140 Å². The zero-order valence-corrected chi connectivity index (χ0v) is 13.9. The van der Waals surface area contributed by atoms with Gasteiger partial charge < -0.3 is 0 Å². The number of aromatic nitrogens is 4. The third-order valence-electron chi connectivity index (χ3n) is 2.84. The fourth-order valence-electron chi connectivity index (χ4n) is 1.82. The van der Waals surface area contributed by atoms with Crippen LogP contribution in [0.1, 0.15) is 5.82 Å². The second-order valence-corrected chi connectivity index (χ2v) is 6.52. The van der Waals surface area contributed by atoms with Gasteiger partial charge >= 0.3 is 0 Å². The zero-order valence-electron chi connectivity index (χ0n) is 10.8. The topological polar surface area (TPSA) is 43.6 Å². The number of aryl methyl sites for hydroxylation is 1. The first kappa shape index (κ1) is 14.9. The van der Waals surface area contributed by atoms with E-state index in [4.69, 9.17) is 34.8 Å². The summed E-state index contributed by atoms with van der Waals surface area (Å²) in [6, 6.07) is 5.34. The van der Waals surface area contributed by atoms with Gasteiger partial charge in [0.05, 0.1) is 22.4 Å². The molecule has 3 aromatic rings. The lowest BCUT2D eigenvalue weighted by Gasteiger charge is -2.05. The Morgan fingerprint density at radius 2 is 2.00 bits per heavy atom. The third-order valence-corrected chi connectivity index (χ3v) is 4.86. The Hall–Kier alpha value is -1.01. The molecule has 0 spiro atoms. The zero-order chi connectivity index (χ0) is 15.0. The van der Waals surface area contributed by atoms with Gasteiger partial charge in [-0.25, -0.2) is 9.97 Å². The van der Waals surface area contributed by atoms with Crippen molar-refractivity contribution in [3.05, 3.63) is 45.4 Å². The van der Waals surface area contributed by atoms with Gasteiger partial charge in [0.25, 0.3) is 0 Å². The van der Waals surface area contributed by atoms with Gasteiger partial charge in [0.1, 0.15) is 11.0 Å². The molecule has 21 heavy (non-hydrogen) atoms. The summed E-state index contributed by atoms with van der Waals surface area (Å²) in [5, 5.41) is 6.57. The van der Waals surface area contributed by atoms with E-state index in [1.165, 1.54) is 11.8 Å². The molecule has 0 aliphatic heterocycles. The fourth-order valence-corrected chi connectivity index (χ4v) is 3.40. The van der Waals surface area contributed by atoms with Crippen LogP contribution in [0.5, 0.6) is 0 Å². The SMILES string of the molecule is Cn1ncc2c(Cl)nc(CSc3cc(Cl)ccc3Cl)nc21. The molecule has 0 bridgehead atoms. The van der Waals surface area contributed by atoms with Crippen molar-refractivity contribution in [2.24, 2.45) is 7.05 Å².